The molecule has 0 aromatic heterocycles. The Morgan fingerprint density at radius 1 is 1.14 bits per heavy atom. The molecule has 0 heterocycles. The van der Waals surface area contributed by atoms with E-state index in [4.69, 9.17) is 5.26 Å². The highest BCUT2D eigenvalue weighted by Gasteiger charge is 2.15. The van der Waals surface area contributed by atoms with Crippen LogP contribution < -0.4 is 10.6 Å². The molecule has 2 N–H and O–H groups in total. The van der Waals surface area contributed by atoms with Gasteiger partial charge in [-0.15, -0.1) is 0 Å². The van der Waals surface area contributed by atoms with Crippen LogP contribution in [-0.2, 0) is 4.79 Å². The number of rotatable bonds is 4. The van der Waals surface area contributed by atoms with E-state index in [0.717, 1.165) is 16.8 Å². The second-order valence-electron chi connectivity index (χ2n) is 5.33. The van der Waals surface area contributed by atoms with Crippen LogP contribution in [0.5, 0.6) is 0 Å². The van der Waals surface area contributed by atoms with Crippen molar-refractivity contribution in [1.29, 1.82) is 5.26 Å². The first kappa shape index (κ1) is 15.6. The van der Waals surface area contributed by atoms with Crippen molar-refractivity contribution in [2.75, 3.05) is 10.6 Å². The van der Waals surface area contributed by atoms with Crippen molar-refractivity contribution < 1.29 is 4.79 Å². The summed E-state index contributed by atoms with van der Waals surface area (Å²) in [7, 11) is 0. The highest BCUT2D eigenvalue weighted by atomic mass is 16.2. The third kappa shape index (κ3) is 3.64. The minimum atomic E-state index is -0.410. The van der Waals surface area contributed by atoms with Gasteiger partial charge in [0.1, 0.15) is 12.1 Å². The van der Waals surface area contributed by atoms with Crippen LogP contribution >= 0.6 is 0 Å². The fraction of sp³-hybridized carbons (Fsp3) is 0.222. The average Bonchev–Trinajstić information content (AvgIpc) is 2.51. The molecule has 1 atom stereocenters. The molecule has 2 rings (SSSR count). The number of carbonyl (C=O) groups is 1. The van der Waals surface area contributed by atoms with Gasteiger partial charge in [-0.25, -0.2) is 0 Å². The molecule has 4 nitrogen and oxygen atoms in total. The van der Waals surface area contributed by atoms with Crippen LogP contribution in [0, 0.1) is 25.2 Å². The molecule has 0 aliphatic rings. The summed E-state index contributed by atoms with van der Waals surface area (Å²) in [5.41, 5.74) is 4.15. The summed E-state index contributed by atoms with van der Waals surface area (Å²) in [5.74, 6) is -0.177. The van der Waals surface area contributed by atoms with Gasteiger partial charge >= 0.3 is 0 Å². The molecule has 0 bridgehead atoms. The molecular formula is C18H19N3O. The lowest BCUT2D eigenvalue weighted by molar-refractivity contribution is -0.116. The van der Waals surface area contributed by atoms with Gasteiger partial charge in [0.2, 0.25) is 5.91 Å². The first-order chi connectivity index (χ1) is 10.5. The van der Waals surface area contributed by atoms with Crippen molar-refractivity contribution in [1.82, 2.24) is 0 Å². The van der Waals surface area contributed by atoms with Crippen LogP contribution in [0.2, 0.25) is 0 Å². The van der Waals surface area contributed by atoms with Gasteiger partial charge in [0.15, 0.2) is 0 Å². The van der Waals surface area contributed by atoms with E-state index in [1.807, 2.05) is 32.0 Å². The second-order valence-corrected chi connectivity index (χ2v) is 5.33. The van der Waals surface area contributed by atoms with Gasteiger partial charge in [-0.1, -0.05) is 24.3 Å². The number of anilines is 2. The molecule has 112 valence electrons. The fourth-order valence-electron chi connectivity index (χ4n) is 2.12. The van der Waals surface area contributed by atoms with Crippen molar-refractivity contribution in [3.8, 4) is 6.07 Å². The third-order valence-electron chi connectivity index (χ3n) is 3.46. The number of nitrogens with zero attached hydrogens (tertiary/aromatic N) is 1. The smallest absolute Gasteiger partial charge is 0.246 e. The quantitative estimate of drug-likeness (QED) is 0.905. The molecule has 0 radical (unpaired) electrons. The molecule has 2 aromatic rings. The molecular weight excluding hydrogens is 274 g/mol. The van der Waals surface area contributed by atoms with Gasteiger partial charge in [0.25, 0.3) is 0 Å². The summed E-state index contributed by atoms with van der Waals surface area (Å²) in [6, 6.07) is 14.7. The molecule has 0 spiro atoms. The Balaban J connectivity index is 2.10. The molecule has 0 aliphatic heterocycles. The van der Waals surface area contributed by atoms with Crippen LogP contribution in [0.1, 0.15) is 23.6 Å². The zero-order chi connectivity index (χ0) is 16.1. The number of benzene rings is 2. The van der Waals surface area contributed by atoms with Gasteiger partial charge in [0.05, 0.1) is 11.3 Å². The highest BCUT2D eigenvalue weighted by Crippen LogP contribution is 2.18. The lowest BCUT2D eigenvalue weighted by Crippen LogP contribution is -2.32. The Labute approximate surface area is 130 Å². The topological polar surface area (TPSA) is 64.9 Å². The summed E-state index contributed by atoms with van der Waals surface area (Å²) >= 11 is 0. The largest absolute Gasteiger partial charge is 0.374 e. The number of hydrogen-bond acceptors (Lipinski definition) is 3. The summed E-state index contributed by atoms with van der Waals surface area (Å²) in [5, 5.41) is 15.1. The summed E-state index contributed by atoms with van der Waals surface area (Å²) in [4.78, 5) is 12.3. The maximum Gasteiger partial charge on any atom is 0.246 e. The number of hydrogen-bond donors (Lipinski definition) is 2. The maximum absolute atomic E-state index is 12.3. The predicted octanol–water partition coefficient (Wildman–Crippen LogP) is 3.61. The van der Waals surface area contributed by atoms with Crippen molar-refractivity contribution >= 4 is 17.3 Å². The van der Waals surface area contributed by atoms with E-state index in [9.17, 15) is 4.79 Å². The number of aryl methyl sites for hydroxylation is 2. The maximum atomic E-state index is 12.3. The standard InChI is InChI=1S/C18H19N3O/c1-12-8-9-13(2)17(10-12)20-14(3)18(22)21-16-7-5-4-6-15(16)11-19/h4-10,14,20H,1-3H3,(H,21,22). The Bertz CT molecular complexity index is 731. The van der Waals surface area contributed by atoms with Crippen LogP contribution in [0.25, 0.3) is 0 Å². The van der Waals surface area contributed by atoms with E-state index in [0.29, 0.717) is 11.3 Å². The molecule has 0 saturated heterocycles. The van der Waals surface area contributed by atoms with Crippen molar-refractivity contribution in [2.24, 2.45) is 0 Å². The minimum absolute atomic E-state index is 0.177. The molecule has 0 saturated carbocycles. The van der Waals surface area contributed by atoms with Crippen molar-refractivity contribution in [3.05, 3.63) is 59.2 Å². The van der Waals surface area contributed by atoms with E-state index in [-0.39, 0.29) is 5.91 Å². The number of amides is 1. The highest BCUT2D eigenvalue weighted by molar-refractivity contribution is 5.97. The zero-order valence-corrected chi connectivity index (χ0v) is 13.0. The predicted molar refractivity (Wildman–Crippen MR) is 88.8 cm³/mol. The van der Waals surface area contributed by atoms with Gasteiger partial charge in [-0.3, -0.25) is 4.79 Å². The molecule has 22 heavy (non-hydrogen) atoms. The Morgan fingerprint density at radius 3 is 2.59 bits per heavy atom. The van der Waals surface area contributed by atoms with Crippen LogP contribution in [0.4, 0.5) is 11.4 Å². The number of nitrogens with one attached hydrogen (secondary N) is 2. The van der Waals surface area contributed by atoms with Gasteiger partial charge in [-0.2, -0.15) is 5.26 Å². The fourth-order valence-corrected chi connectivity index (χ4v) is 2.12. The second kappa shape index (κ2) is 6.77. The Morgan fingerprint density at radius 2 is 1.86 bits per heavy atom. The summed E-state index contributed by atoms with van der Waals surface area (Å²) < 4.78 is 0. The third-order valence-corrected chi connectivity index (χ3v) is 3.46. The molecule has 1 unspecified atom stereocenters. The van der Waals surface area contributed by atoms with Crippen LogP contribution in [0.3, 0.4) is 0 Å². The molecule has 0 aliphatic carbocycles. The minimum Gasteiger partial charge on any atom is -0.374 e. The van der Waals surface area contributed by atoms with Gasteiger partial charge in [0, 0.05) is 5.69 Å². The molecule has 0 fully saturated rings. The average molecular weight is 293 g/mol. The summed E-state index contributed by atoms with van der Waals surface area (Å²) in [6.07, 6.45) is 0. The Kier molecular flexibility index (Phi) is 4.80. The van der Waals surface area contributed by atoms with E-state index in [2.05, 4.69) is 16.7 Å². The molecule has 1 amide bonds. The Hall–Kier alpha value is -2.80. The van der Waals surface area contributed by atoms with E-state index < -0.39 is 6.04 Å². The number of carbonyl (C=O) groups excluding carboxylic acids is 1. The van der Waals surface area contributed by atoms with Crippen molar-refractivity contribution in [2.45, 2.75) is 26.8 Å². The first-order valence-corrected chi connectivity index (χ1v) is 7.15. The monoisotopic (exact) mass is 293 g/mol. The lowest BCUT2D eigenvalue weighted by atomic mass is 10.1. The zero-order valence-electron chi connectivity index (χ0n) is 13.0. The SMILES string of the molecule is Cc1ccc(C)c(NC(C)C(=O)Nc2ccccc2C#N)c1. The molecule has 4 heteroatoms. The summed E-state index contributed by atoms with van der Waals surface area (Å²) in [6.45, 7) is 5.81. The lowest BCUT2D eigenvalue weighted by Gasteiger charge is -2.17. The van der Waals surface area contributed by atoms with E-state index >= 15 is 0 Å². The van der Waals surface area contributed by atoms with Gasteiger partial charge < -0.3 is 10.6 Å². The van der Waals surface area contributed by atoms with Gasteiger partial charge in [-0.05, 0) is 50.1 Å². The normalized spacial score (nSPS) is 11.4. The van der Waals surface area contributed by atoms with Crippen LogP contribution in [0.15, 0.2) is 42.5 Å². The molecule has 2 aromatic carbocycles. The van der Waals surface area contributed by atoms with E-state index in [1.54, 1.807) is 31.2 Å². The first-order valence-electron chi connectivity index (χ1n) is 7.15. The van der Waals surface area contributed by atoms with Crippen LogP contribution in [-0.4, -0.2) is 11.9 Å². The number of nitriles is 1. The van der Waals surface area contributed by atoms with Crippen molar-refractivity contribution in [3.63, 3.8) is 0 Å². The number of para-hydroxylation sites is 1. The van der Waals surface area contributed by atoms with E-state index in [1.165, 1.54) is 0 Å².